The highest BCUT2D eigenvalue weighted by molar-refractivity contribution is 7.11. The SMILES string of the molecule is CCc1ccc(CNC(=O)N[C@@H](CC(C)C)C(=O)O)s1. The highest BCUT2D eigenvalue weighted by atomic mass is 32.1. The first-order valence-corrected chi connectivity index (χ1v) is 7.58. The lowest BCUT2D eigenvalue weighted by molar-refractivity contribution is -0.139. The molecule has 0 unspecified atom stereocenters. The van der Waals surface area contributed by atoms with Crippen LogP contribution >= 0.6 is 11.3 Å². The van der Waals surface area contributed by atoms with Gasteiger partial charge in [-0.25, -0.2) is 9.59 Å². The van der Waals surface area contributed by atoms with Crippen LogP contribution in [0.3, 0.4) is 0 Å². The number of rotatable bonds is 7. The number of nitrogens with one attached hydrogen (secondary N) is 2. The lowest BCUT2D eigenvalue weighted by atomic mass is 10.0. The van der Waals surface area contributed by atoms with E-state index in [0.29, 0.717) is 13.0 Å². The van der Waals surface area contributed by atoms with E-state index >= 15 is 0 Å². The Balaban J connectivity index is 2.43. The molecule has 1 aromatic heterocycles. The number of aliphatic carboxylic acids is 1. The Hall–Kier alpha value is -1.56. The molecule has 0 bridgehead atoms. The Morgan fingerprint density at radius 3 is 2.45 bits per heavy atom. The van der Waals surface area contributed by atoms with Crippen LogP contribution in [-0.2, 0) is 17.8 Å². The van der Waals surface area contributed by atoms with Gasteiger partial charge in [-0.05, 0) is 30.9 Å². The minimum absolute atomic E-state index is 0.209. The number of amides is 2. The molecule has 3 N–H and O–H groups in total. The van der Waals surface area contributed by atoms with Crippen LogP contribution in [0.4, 0.5) is 4.79 Å². The second-order valence-corrected chi connectivity index (χ2v) is 6.32. The second kappa shape index (κ2) is 7.89. The summed E-state index contributed by atoms with van der Waals surface area (Å²) in [4.78, 5) is 25.1. The third kappa shape index (κ3) is 5.61. The maximum absolute atomic E-state index is 11.7. The van der Waals surface area contributed by atoms with Gasteiger partial charge in [-0.2, -0.15) is 0 Å². The molecule has 112 valence electrons. The summed E-state index contributed by atoms with van der Waals surface area (Å²) in [6.45, 7) is 6.35. The van der Waals surface area contributed by atoms with E-state index in [0.717, 1.165) is 11.3 Å². The molecule has 0 aliphatic rings. The fourth-order valence-corrected chi connectivity index (χ4v) is 2.67. The van der Waals surface area contributed by atoms with Gasteiger partial charge >= 0.3 is 12.0 Å². The van der Waals surface area contributed by atoms with Gasteiger partial charge in [0.1, 0.15) is 6.04 Å². The third-order valence-electron chi connectivity index (χ3n) is 2.80. The van der Waals surface area contributed by atoms with Gasteiger partial charge in [-0.1, -0.05) is 20.8 Å². The molecular weight excluding hydrogens is 276 g/mol. The molecule has 20 heavy (non-hydrogen) atoms. The van der Waals surface area contributed by atoms with E-state index in [-0.39, 0.29) is 5.92 Å². The van der Waals surface area contributed by atoms with E-state index in [1.54, 1.807) is 11.3 Å². The molecule has 6 heteroatoms. The molecule has 1 aromatic rings. The third-order valence-corrected chi connectivity index (χ3v) is 4.03. The summed E-state index contributed by atoms with van der Waals surface area (Å²) in [5.74, 6) is -0.793. The van der Waals surface area contributed by atoms with Gasteiger partial charge in [0.15, 0.2) is 0 Å². The lowest BCUT2D eigenvalue weighted by Crippen LogP contribution is -2.46. The molecule has 2 amide bonds. The van der Waals surface area contributed by atoms with Gasteiger partial charge in [0.05, 0.1) is 6.54 Å². The molecule has 0 aliphatic carbocycles. The van der Waals surface area contributed by atoms with Crippen molar-refractivity contribution in [1.82, 2.24) is 10.6 Å². The number of carbonyl (C=O) groups excluding carboxylic acids is 1. The molecular formula is C14H22N2O3S. The average molecular weight is 298 g/mol. The molecule has 5 nitrogen and oxygen atoms in total. The van der Waals surface area contributed by atoms with Crippen molar-refractivity contribution < 1.29 is 14.7 Å². The van der Waals surface area contributed by atoms with Crippen molar-refractivity contribution in [2.24, 2.45) is 5.92 Å². The van der Waals surface area contributed by atoms with Gasteiger partial charge in [0.25, 0.3) is 0 Å². The van der Waals surface area contributed by atoms with Gasteiger partial charge in [-0.15, -0.1) is 11.3 Å². The standard InChI is InChI=1S/C14H22N2O3S/c1-4-10-5-6-11(20-10)8-15-14(19)16-12(13(17)18)7-9(2)3/h5-6,9,12H,4,7-8H2,1-3H3,(H,17,18)(H2,15,16,19)/t12-/m0/s1. The van der Waals surface area contributed by atoms with Crippen molar-refractivity contribution in [2.75, 3.05) is 0 Å². The van der Waals surface area contributed by atoms with E-state index in [9.17, 15) is 9.59 Å². The summed E-state index contributed by atoms with van der Waals surface area (Å²) >= 11 is 1.65. The topological polar surface area (TPSA) is 78.4 Å². The highest BCUT2D eigenvalue weighted by Crippen LogP contribution is 2.16. The molecule has 0 fully saturated rings. The number of carboxylic acids is 1. The molecule has 0 saturated carbocycles. The van der Waals surface area contributed by atoms with E-state index in [1.165, 1.54) is 4.88 Å². The number of hydrogen-bond acceptors (Lipinski definition) is 3. The van der Waals surface area contributed by atoms with Crippen LogP contribution < -0.4 is 10.6 Å². The smallest absolute Gasteiger partial charge is 0.326 e. The fraction of sp³-hybridized carbons (Fsp3) is 0.571. The molecule has 0 saturated heterocycles. The summed E-state index contributed by atoms with van der Waals surface area (Å²) in [7, 11) is 0. The summed E-state index contributed by atoms with van der Waals surface area (Å²) in [5, 5.41) is 14.2. The van der Waals surface area contributed by atoms with Crippen molar-refractivity contribution in [1.29, 1.82) is 0 Å². The molecule has 1 rings (SSSR count). The zero-order valence-electron chi connectivity index (χ0n) is 12.1. The van der Waals surface area contributed by atoms with Gasteiger partial charge in [-0.3, -0.25) is 0 Å². The quantitative estimate of drug-likeness (QED) is 0.724. The maximum Gasteiger partial charge on any atom is 0.326 e. The fourth-order valence-electron chi connectivity index (χ4n) is 1.78. The first kappa shape index (κ1) is 16.5. The van der Waals surface area contributed by atoms with Crippen molar-refractivity contribution in [2.45, 2.75) is 46.2 Å². The predicted octanol–water partition coefficient (Wildman–Crippen LogP) is 2.61. The highest BCUT2D eigenvalue weighted by Gasteiger charge is 2.20. The minimum Gasteiger partial charge on any atom is -0.480 e. The number of hydrogen-bond donors (Lipinski definition) is 3. The van der Waals surface area contributed by atoms with Crippen LogP contribution in [0.5, 0.6) is 0 Å². The second-order valence-electron chi connectivity index (χ2n) is 5.07. The number of carbonyl (C=O) groups is 2. The van der Waals surface area contributed by atoms with Crippen molar-refractivity contribution in [3.63, 3.8) is 0 Å². The van der Waals surface area contributed by atoms with E-state index < -0.39 is 18.0 Å². The lowest BCUT2D eigenvalue weighted by Gasteiger charge is -2.16. The van der Waals surface area contributed by atoms with Crippen molar-refractivity contribution in [3.8, 4) is 0 Å². The summed E-state index contributed by atoms with van der Waals surface area (Å²) in [5.41, 5.74) is 0. The Morgan fingerprint density at radius 2 is 1.95 bits per heavy atom. The summed E-state index contributed by atoms with van der Waals surface area (Å²) < 4.78 is 0. The zero-order valence-corrected chi connectivity index (χ0v) is 12.9. The van der Waals surface area contributed by atoms with Gasteiger partial charge in [0.2, 0.25) is 0 Å². The van der Waals surface area contributed by atoms with Crippen molar-refractivity contribution in [3.05, 3.63) is 21.9 Å². The minimum atomic E-state index is -1.00. The van der Waals surface area contributed by atoms with Crippen LogP contribution in [0, 0.1) is 5.92 Å². The molecule has 0 spiro atoms. The summed E-state index contributed by atoms with van der Waals surface area (Å²) in [6.07, 6.45) is 1.40. The number of carboxylic acid groups (broad SMARTS) is 1. The maximum atomic E-state index is 11.7. The molecule has 0 radical (unpaired) electrons. The van der Waals surface area contributed by atoms with E-state index in [2.05, 4.69) is 17.6 Å². The molecule has 1 heterocycles. The Kier molecular flexibility index (Phi) is 6.51. The number of urea groups is 1. The first-order valence-electron chi connectivity index (χ1n) is 6.77. The van der Waals surface area contributed by atoms with E-state index in [1.807, 2.05) is 26.0 Å². The van der Waals surface area contributed by atoms with Crippen LogP contribution in [0.25, 0.3) is 0 Å². The zero-order chi connectivity index (χ0) is 15.1. The predicted molar refractivity (Wildman–Crippen MR) is 79.9 cm³/mol. The average Bonchev–Trinajstić information content (AvgIpc) is 2.83. The van der Waals surface area contributed by atoms with Crippen molar-refractivity contribution >= 4 is 23.3 Å². The number of thiophene rings is 1. The first-order chi connectivity index (χ1) is 9.42. The Labute approximate surface area is 123 Å². The normalized spacial score (nSPS) is 12.2. The summed E-state index contributed by atoms with van der Waals surface area (Å²) in [6, 6.07) is 2.74. The Bertz CT molecular complexity index is 457. The van der Waals surface area contributed by atoms with Gasteiger partial charge in [0, 0.05) is 9.75 Å². The number of aryl methyl sites for hydroxylation is 1. The van der Waals surface area contributed by atoms with Crippen LogP contribution in [0.15, 0.2) is 12.1 Å². The van der Waals surface area contributed by atoms with Crippen LogP contribution in [-0.4, -0.2) is 23.1 Å². The molecule has 0 aromatic carbocycles. The largest absolute Gasteiger partial charge is 0.480 e. The van der Waals surface area contributed by atoms with Gasteiger partial charge < -0.3 is 15.7 Å². The van der Waals surface area contributed by atoms with Crippen LogP contribution in [0.1, 0.15) is 36.9 Å². The molecule has 1 atom stereocenters. The van der Waals surface area contributed by atoms with Crippen LogP contribution in [0.2, 0.25) is 0 Å². The monoisotopic (exact) mass is 298 g/mol. The molecule has 0 aliphatic heterocycles. The van der Waals surface area contributed by atoms with E-state index in [4.69, 9.17) is 5.11 Å². The Morgan fingerprint density at radius 1 is 1.30 bits per heavy atom.